The van der Waals surface area contributed by atoms with Crippen LogP contribution >= 0.6 is 44.5 Å². The van der Waals surface area contributed by atoms with Crippen LogP contribution in [0, 0.1) is 0 Å². The van der Waals surface area contributed by atoms with Crippen molar-refractivity contribution >= 4 is 79.9 Å². The van der Waals surface area contributed by atoms with Gasteiger partial charge in [-0.3, -0.25) is 9.59 Å². The second-order valence-electron chi connectivity index (χ2n) is 3.52. The molecule has 0 aromatic rings. The molecule has 24 heavy (non-hydrogen) atoms. The summed E-state index contributed by atoms with van der Waals surface area (Å²) in [6.45, 7) is 0. The fourth-order valence-corrected chi connectivity index (χ4v) is 8.07. The van der Waals surface area contributed by atoms with Gasteiger partial charge in [-0.2, -0.15) is 0 Å². The maximum atomic E-state index is 10.9. The van der Waals surface area contributed by atoms with Crippen molar-refractivity contribution in [1.29, 1.82) is 0 Å². The third-order valence-corrected chi connectivity index (χ3v) is 18.0. The van der Waals surface area contributed by atoms with Crippen LogP contribution in [-0.4, -0.2) is 65.0 Å². The van der Waals surface area contributed by atoms with Gasteiger partial charge in [0.15, 0.2) is 4.67 Å². The molecule has 0 aliphatic carbocycles. The largest absolute Gasteiger partial charge is 0.358 e. The molecular weight excluding hydrogens is 450 g/mol. The van der Waals surface area contributed by atoms with Crippen LogP contribution in [0.15, 0.2) is 0 Å². The molecule has 2 amide bonds. The molecule has 0 rings (SSSR count). The molecule has 0 bridgehead atoms. The van der Waals surface area contributed by atoms with Crippen molar-refractivity contribution in [3.05, 3.63) is 0 Å². The third-order valence-electron chi connectivity index (χ3n) is 2.16. The minimum atomic E-state index is -2.26. The first kappa shape index (κ1) is 27.4. The number of rotatable bonds is 10. The standard InChI is InChI=1S/C5H12NO3PS2.C5H12NO2PS3/c1-6-5(7)4-12-10(11,8-2)9-3;1-6-5(7)4-12-9(10,8-2)11-3/h2*4H2,1-3H3,(H,6,7). The zero-order valence-electron chi connectivity index (χ0n) is 14.4. The smallest absolute Gasteiger partial charge is 0.247 e. The fourth-order valence-electron chi connectivity index (χ4n) is 0.780. The topological polar surface area (TPSA) is 85.9 Å². The molecule has 0 aliphatic rings. The summed E-state index contributed by atoms with van der Waals surface area (Å²) < 4.78 is 13.2. The molecule has 0 aromatic heterocycles. The van der Waals surface area contributed by atoms with Crippen molar-refractivity contribution in [3.63, 3.8) is 0 Å². The van der Waals surface area contributed by atoms with Gasteiger partial charge in [0.1, 0.15) is 0 Å². The Morgan fingerprint density at radius 1 is 0.917 bits per heavy atom. The fraction of sp³-hybridized carbons (Fsp3) is 0.800. The maximum Gasteiger partial charge on any atom is 0.247 e. The van der Waals surface area contributed by atoms with Crippen molar-refractivity contribution in [2.24, 2.45) is 0 Å². The van der Waals surface area contributed by atoms with E-state index in [4.69, 9.17) is 37.2 Å². The Kier molecular flexibility index (Phi) is 17.4. The lowest BCUT2D eigenvalue weighted by Gasteiger charge is -2.15. The van der Waals surface area contributed by atoms with E-state index >= 15 is 0 Å². The molecule has 7 nitrogen and oxygen atoms in total. The molecule has 0 heterocycles. The molecule has 0 saturated carbocycles. The highest BCUT2D eigenvalue weighted by molar-refractivity contribution is 8.99. The number of nitrogens with one attached hydrogen (secondary N) is 2. The zero-order valence-corrected chi connectivity index (χ0v) is 20.3. The van der Waals surface area contributed by atoms with E-state index in [-0.39, 0.29) is 17.6 Å². The predicted molar refractivity (Wildman–Crippen MR) is 116 cm³/mol. The third kappa shape index (κ3) is 13.4. The Morgan fingerprint density at radius 3 is 1.62 bits per heavy atom. The first-order valence-corrected chi connectivity index (χ1v) is 16.7. The van der Waals surface area contributed by atoms with Crippen LogP contribution in [0.3, 0.4) is 0 Å². The highest BCUT2D eigenvalue weighted by Gasteiger charge is 2.17. The first-order chi connectivity index (χ1) is 11.2. The van der Waals surface area contributed by atoms with E-state index in [9.17, 15) is 9.59 Å². The quantitative estimate of drug-likeness (QED) is 0.461. The van der Waals surface area contributed by atoms with E-state index in [0.29, 0.717) is 5.75 Å². The van der Waals surface area contributed by atoms with Gasteiger partial charge in [-0.1, -0.05) is 34.1 Å². The van der Waals surface area contributed by atoms with Gasteiger partial charge in [-0.15, -0.1) is 0 Å². The normalized spacial score (nSPS) is 13.2. The lowest BCUT2D eigenvalue weighted by molar-refractivity contribution is -0.118. The van der Waals surface area contributed by atoms with Crippen LogP contribution in [-0.2, 0) is 46.8 Å². The monoisotopic (exact) mass is 474 g/mol. The second kappa shape index (κ2) is 15.2. The highest BCUT2D eigenvalue weighted by Crippen LogP contribution is 2.68. The Labute approximate surface area is 166 Å². The van der Waals surface area contributed by atoms with Gasteiger partial charge in [0, 0.05) is 35.4 Å². The maximum absolute atomic E-state index is 10.9. The van der Waals surface area contributed by atoms with Gasteiger partial charge in [0.2, 0.25) is 17.5 Å². The molecule has 0 saturated heterocycles. The summed E-state index contributed by atoms with van der Waals surface area (Å²) in [5, 5.41) is 5.02. The van der Waals surface area contributed by atoms with Gasteiger partial charge in [0.25, 0.3) is 0 Å². The molecule has 0 spiro atoms. The van der Waals surface area contributed by atoms with Gasteiger partial charge >= 0.3 is 0 Å². The Hall–Kier alpha value is 1.17. The number of hydrogen-bond acceptors (Lipinski definition) is 10. The number of amides is 2. The SMILES string of the molecule is CNC(=O)CSP(=S)(OC)OC.CNC(=O)CSP(=S)(OC)SC. The molecule has 0 fully saturated rings. The van der Waals surface area contributed by atoms with Crippen LogP contribution in [0.1, 0.15) is 0 Å². The summed E-state index contributed by atoms with van der Waals surface area (Å²) in [4.78, 5) is 21.7. The lowest BCUT2D eigenvalue weighted by atomic mass is 10.7. The number of carbonyl (C=O) groups is 2. The van der Waals surface area contributed by atoms with E-state index in [1.54, 1.807) is 21.2 Å². The average molecular weight is 475 g/mol. The molecule has 1 unspecified atom stereocenters. The molecule has 0 radical (unpaired) electrons. The summed E-state index contributed by atoms with van der Waals surface area (Å²) in [7, 11) is 7.75. The Morgan fingerprint density at radius 2 is 1.33 bits per heavy atom. The van der Waals surface area contributed by atoms with Crippen LogP contribution < -0.4 is 10.6 Å². The van der Waals surface area contributed by atoms with E-state index in [2.05, 4.69) is 10.6 Å². The van der Waals surface area contributed by atoms with Gasteiger partial charge < -0.3 is 24.2 Å². The van der Waals surface area contributed by atoms with Crippen molar-refractivity contribution in [2.75, 3.05) is 53.2 Å². The molecular formula is C10H24N2O5P2S5. The molecule has 0 aromatic carbocycles. The van der Waals surface area contributed by atoms with Crippen LogP contribution in [0.25, 0.3) is 0 Å². The van der Waals surface area contributed by atoms with Crippen molar-refractivity contribution in [2.45, 2.75) is 0 Å². The molecule has 1 atom stereocenters. The minimum absolute atomic E-state index is 0.0136. The zero-order chi connectivity index (χ0) is 19.2. The average Bonchev–Trinajstić information content (AvgIpc) is 2.63. The summed E-state index contributed by atoms with van der Waals surface area (Å²) in [6.07, 6.45) is 1.90. The van der Waals surface area contributed by atoms with Crippen molar-refractivity contribution in [1.82, 2.24) is 10.6 Å². The summed E-state index contributed by atoms with van der Waals surface area (Å²) in [5.41, 5.74) is -2.26. The highest BCUT2D eigenvalue weighted by atomic mass is 33.2. The van der Waals surface area contributed by atoms with E-state index in [0.717, 1.165) is 0 Å². The molecule has 14 heteroatoms. The molecule has 144 valence electrons. The molecule has 0 aliphatic heterocycles. The second-order valence-corrected chi connectivity index (χ2v) is 20.8. The van der Waals surface area contributed by atoms with Gasteiger partial charge in [-0.25, -0.2) is 0 Å². The molecule has 2 N–H and O–H groups in total. The Bertz CT molecular complexity index is 425. The van der Waals surface area contributed by atoms with Crippen molar-refractivity contribution < 1.29 is 23.2 Å². The lowest BCUT2D eigenvalue weighted by Crippen LogP contribution is -2.19. The van der Waals surface area contributed by atoms with Crippen LogP contribution in [0.5, 0.6) is 0 Å². The summed E-state index contributed by atoms with van der Waals surface area (Å²) in [5.74, 6) is 0.557. The number of carbonyl (C=O) groups excluding carboxylic acids is 2. The summed E-state index contributed by atoms with van der Waals surface area (Å²) in [6, 6.07) is 0. The predicted octanol–water partition coefficient (Wildman–Crippen LogP) is 2.68. The van der Waals surface area contributed by atoms with E-state index < -0.39 is 10.4 Å². The number of hydrogen-bond donors (Lipinski definition) is 2. The van der Waals surface area contributed by atoms with E-state index in [1.807, 2.05) is 6.26 Å². The first-order valence-electron chi connectivity index (χ1n) is 6.29. The van der Waals surface area contributed by atoms with Gasteiger partial charge in [-0.05, 0) is 29.9 Å². The van der Waals surface area contributed by atoms with Crippen LogP contribution in [0.4, 0.5) is 0 Å². The Balaban J connectivity index is 0. The van der Waals surface area contributed by atoms with Crippen molar-refractivity contribution in [3.8, 4) is 0 Å². The van der Waals surface area contributed by atoms with Gasteiger partial charge in [0.05, 0.1) is 11.5 Å². The summed E-state index contributed by atoms with van der Waals surface area (Å²) >= 11 is 14.4. The van der Waals surface area contributed by atoms with Crippen LogP contribution in [0.2, 0.25) is 0 Å². The minimum Gasteiger partial charge on any atom is -0.358 e. The van der Waals surface area contributed by atoms with E-state index in [1.165, 1.54) is 48.4 Å².